The molecule has 0 atom stereocenters. The van der Waals surface area contributed by atoms with Crippen molar-refractivity contribution in [1.82, 2.24) is 9.97 Å². The van der Waals surface area contributed by atoms with Gasteiger partial charge >= 0.3 is 11.9 Å². The molecule has 0 saturated carbocycles. The van der Waals surface area contributed by atoms with Crippen LogP contribution in [0, 0.1) is 0 Å². The molecular weight excluding hydrogens is 488 g/mol. The van der Waals surface area contributed by atoms with Crippen molar-refractivity contribution in [2.24, 2.45) is 0 Å². The van der Waals surface area contributed by atoms with Crippen molar-refractivity contribution in [3.05, 3.63) is 56.0 Å². The molecule has 0 aromatic carbocycles. The zero-order valence-electron chi connectivity index (χ0n) is 14.9. The molecule has 0 saturated heterocycles. The van der Waals surface area contributed by atoms with E-state index in [-0.39, 0.29) is 11.4 Å². The Morgan fingerprint density at radius 3 is 1.74 bits per heavy atom. The van der Waals surface area contributed by atoms with E-state index in [2.05, 4.69) is 46.6 Å². The fraction of sp³-hybridized carbons (Fsp3) is 0.294. The number of carbonyl (C=O) groups is 2. The van der Waals surface area contributed by atoms with Crippen LogP contribution in [0.1, 0.15) is 32.4 Å². The number of ether oxygens (including phenoxy) is 3. The lowest BCUT2D eigenvalue weighted by Gasteiger charge is -2.04. The Morgan fingerprint density at radius 1 is 0.889 bits per heavy atom. The SMILES string of the molecule is COCc1ccc(Br)c(C(=O)O)n1.COCc1ccc(Br)c(C(=O)OC)n1. The average molecular weight is 506 g/mol. The molecule has 2 aromatic rings. The molecule has 2 aromatic heterocycles. The molecule has 27 heavy (non-hydrogen) atoms. The van der Waals surface area contributed by atoms with Crippen molar-refractivity contribution in [2.45, 2.75) is 13.2 Å². The molecule has 8 nitrogen and oxygen atoms in total. The largest absolute Gasteiger partial charge is 0.476 e. The van der Waals surface area contributed by atoms with Crippen molar-refractivity contribution in [3.63, 3.8) is 0 Å². The third kappa shape index (κ3) is 7.33. The quantitative estimate of drug-likeness (QED) is 0.594. The summed E-state index contributed by atoms with van der Waals surface area (Å²) in [5, 5.41) is 8.73. The molecule has 1 N–H and O–H groups in total. The highest BCUT2D eigenvalue weighted by Gasteiger charge is 2.12. The van der Waals surface area contributed by atoms with Crippen molar-refractivity contribution in [2.75, 3.05) is 21.3 Å². The normalized spacial score (nSPS) is 9.96. The van der Waals surface area contributed by atoms with Crippen molar-refractivity contribution < 1.29 is 28.9 Å². The molecule has 2 rings (SSSR count). The van der Waals surface area contributed by atoms with Gasteiger partial charge in [0.1, 0.15) is 0 Å². The summed E-state index contributed by atoms with van der Waals surface area (Å²) in [5.74, 6) is -1.51. The van der Waals surface area contributed by atoms with Gasteiger partial charge in [-0.05, 0) is 56.1 Å². The number of halogens is 2. The van der Waals surface area contributed by atoms with Crippen molar-refractivity contribution >= 4 is 43.8 Å². The first-order valence-electron chi connectivity index (χ1n) is 7.44. The highest BCUT2D eigenvalue weighted by Crippen LogP contribution is 2.16. The maximum atomic E-state index is 11.2. The second-order valence-electron chi connectivity index (χ2n) is 4.93. The minimum atomic E-state index is -1.05. The second-order valence-corrected chi connectivity index (χ2v) is 6.64. The number of carbonyl (C=O) groups excluding carboxylic acids is 1. The van der Waals surface area contributed by atoms with E-state index in [1.54, 1.807) is 31.4 Å². The number of hydrogen-bond acceptors (Lipinski definition) is 7. The number of methoxy groups -OCH3 is 3. The zero-order chi connectivity index (χ0) is 20.4. The number of carboxylic acids is 1. The smallest absolute Gasteiger partial charge is 0.357 e. The van der Waals surface area contributed by atoms with Crippen LogP contribution in [-0.4, -0.2) is 48.3 Å². The number of carboxylic acid groups (broad SMARTS) is 1. The van der Waals surface area contributed by atoms with Gasteiger partial charge in [-0.2, -0.15) is 0 Å². The average Bonchev–Trinajstić information content (AvgIpc) is 2.65. The van der Waals surface area contributed by atoms with E-state index in [0.717, 1.165) is 0 Å². The predicted octanol–water partition coefficient (Wildman–Crippen LogP) is 3.47. The second kappa shape index (κ2) is 11.8. The molecule has 146 valence electrons. The lowest BCUT2D eigenvalue weighted by atomic mass is 10.3. The van der Waals surface area contributed by atoms with Gasteiger partial charge in [-0.1, -0.05) is 0 Å². The van der Waals surface area contributed by atoms with E-state index in [9.17, 15) is 9.59 Å². The number of pyridine rings is 2. The van der Waals surface area contributed by atoms with Crippen LogP contribution in [0.5, 0.6) is 0 Å². The van der Waals surface area contributed by atoms with Crippen LogP contribution in [0.4, 0.5) is 0 Å². The lowest BCUT2D eigenvalue weighted by Crippen LogP contribution is -2.07. The Bertz CT molecular complexity index is 801. The van der Waals surface area contributed by atoms with Crippen LogP contribution in [0.2, 0.25) is 0 Å². The minimum absolute atomic E-state index is 0.00884. The molecular formula is C17H18Br2N2O6. The Morgan fingerprint density at radius 2 is 1.33 bits per heavy atom. The van der Waals surface area contributed by atoms with Crippen LogP contribution >= 0.6 is 31.9 Å². The summed E-state index contributed by atoms with van der Waals surface area (Å²) in [4.78, 5) is 29.9. The van der Waals surface area contributed by atoms with Gasteiger partial charge in [-0.15, -0.1) is 0 Å². The summed E-state index contributed by atoms with van der Waals surface area (Å²) in [6.45, 7) is 0.685. The van der Waals surface area contributed by atoms with Crippen LogP contribution in [0.25, 0.3) is 0 Å². The summed E-state index contributed by atoms with van der Waals surface area (Å²) in [6.07, 6.45) is 0. The Kier molecular flexibility index (Phi) is 10.1. The van der Waals surface area contributed by atoms with Gasteiger partial charge in [-0.25, -0.2) is 19.6 Å². The van der Waals surface area contributed by atoms with Gasteiger partial charge in [0.2, 0.25) is 0 Å². The van der Waals surface area contributed by atoms with Crippen molar-refractivity contribution in [3.8, 4) is 0 Å². The topological polar surface area (TPSA) is 108 Å². The summed E-state index contributed by atoms with van der Waals surface area (Å²) >= 11 is 6.32. The van der Waals surface area contributed by atoms with Gasteiger partial charge in [-0.3, -0.25) is 0 Å². The summed E-state index contributed by atoms with van der Waals surface area (Å²) < 4.78 is 15.4. The highest BCUT2D eigenvalue weighted by molar-refractivity contribution is 9.10. The van der Waals surface area contributed by atoms with E-state index in [1.165, 1.54) is 14.2 Å². The number of nitrogens with zero attached hydrogens (tertiary/aromatic N) is 2. The van der Waals surface area contributed by atoms with Gasteiger partial charge in [0.05, 0.1) is 40.7 Å². The third-order valence-corrected chi connectivity index (χ3v) is 4.25. The first-order valence-corrected chi connectivity index (χ1v) is 9.02. The van der Waals surface area contributed by atoms with E-state index >= 15 is 0 Å². The molecule has 0 bridgehead atoms. The first-order chi connectivity index (χ1) is 12.8. The van der Waals surface area contributed by atoms with Crippen molar-refractivity contribution in [1.29, 1.82) is 0 Å². The molecule has 0 radical (unpaired) electrons. The number of rotatable bonds is 6. The predicted molar refractivity (Wildman–Crippen MR) is 104 cm³/mol. The Balaban J connectivity index is 0.000000271. The monoisotopic (exact) mass is 504 g/mol. The molecule has 0 aliphatic rings. The van der Waals surface area contributed by atoms with Gasteiger partial charge in [0.25, 0.3) is 0 Å². The maximum absolute atomic E-state index is 11.2. The molecule has 0 aliphatic carbocycles. The summed E-state index contributed by atoms with van der Waals surface area (Å²) in [7, 11) is 4.42. The van der Waals surface area contributed by atoms with Gasteiger partial charge in [0, 0.05) is 14.2 Å². The number of aromatic nitrogens is 2. The molecule has 0 amide bonds. The highest BCUT2D eigenvalue weighted by atomic mass is 79.9. The fourth-order valence-electron chi connectivity index (χ4n) is 1.81. The fourth-order valence-corrected chi connectivity index (χ4v) is 2.58. The standard InChI is InChI=1S/C9H10BrNO3.C8H8BrNO3/c1-13-5-6-3-4-7(10)8(11-6)9(12)14-2;1-13-4-5-2-3-6(9)7(10-5)8(11)12/h3-4H,5H2,1-2H3;2-3H,4H2,1H3,(H,11,12). The van der Waals surface area contributed by atoms with E-state index in [4.69, 9.17) is 14.6 Å². The third-order valence-electron chi connectivity index (χ3n) is 2.97. The number of esters is 1. The zero-order valence-corrected chi connectivity index (χ0v) is 18.0. The summed E-state index contributed by atoms with van der Waals surface area (Å²) in [5.41, 5.74) is 1.57. The molecule has 2 heterocycles. The van der Waals surface area contributed by atoms with Crippen LogP contribution in [-0.2, 0) is 27.4 Å². The van der Waals surface area contributed by atoms with Crippen LogP contribution in [0.3, 0.4) is 0 Å². The first kappa shape index (κ1) is 23.2. The Hall–Kier alpha value is -1.88. The molecule has 0 spiro atoms. The summed E-state index contributed by atoms with van der Waals surface area (Å²) in [6, 6.07) is 6.87. The van der Waals surface area contributed by atoms with Crippen LogP contribution < -0.4 is 0 Å². The van der Waals surface area contributed by atoms with E-state index in [0.29, 0.717) is 33.5 Å². The molecule has 0 fully saturated rings. The molecule has 0 aliphatic heterocycles. The van der Waals surface area contributed by atoms with Gasteiger partial charge < -0.3 is 19.3 Å². The Labute approximate surface area is 173 Å². The maximum Gasteiger partial charge on any atom is 0.357 e. The number of hydrogen-bond donors (Lipinski definition) is 1. The minimum Gasteiger partial charge on any atom is -0.476 e. The number of aromatic carboxylic acids is 1. The van der Waals surface area contributed by atoms with Crippen LogP contribution in [0.15, 0.2) is 33.2 Å². The molecule has 0 unspecified atom stereocenters. The van der Waals surface area contributed by atoms with E-state index in [1.807, 2.05) is 0 Å². The molecule has 10 heteroatoms. The van der Waals surface area contributed by atoms with Gasteiger partial charge in [0.15, 0.2) is 11.4 Å². The van der Waals surface area contributed by atoms with E-state index < -0.39 is 11.9 Å². The lowest BCUT2D eigenvalue weighted by molar-refractivity contribution is 0.0591.